The van der Waals surface area contributed by atoms with E-state index in [4.69, 9.17) is 5.73 Å². The molecule has 19 heavy (non-hydrogen) atoms. The molecule has 0 spiro atoms. The third-order valence-electron chi connectivity index (χ3n) is 2.76. The SMILES string of the molecule is CN(C)c1ccc(Nc2cc(F)cc(F)c2N)cc1. The van der Waals surface area contributed by atoms with Crippen molar-refractivity contribution in [2.45, 2.75) is 0 Å². The molecule has 0 aromatic heterocycles. The lowest BCUT2D eigenvalue weighted by atomic mass is 10.2. The van der Waals surface area contributed by atoms with E-state index in [0.717, 1.165) is 17.8 Å². The number of benzene rings is 2. The first-order valence-corrected chi connectivity index (χ1v) is 5.76. The maximum absolute atomic E-state index is 13.3. The van der Waals surface area contributed by atoms with Crippen LogP contribution in [0.25, 0.3) is 0 Å². The third-order valence-corrected chi connectivity index (χ3v) is 2.76. The Balaban J connectivity index is 2.26. The van der Waals surface area contributed by atoms with Crippen molar-refractivity contribution >= 4 is 22.7 Å². The van der Waals surface area contributed by atoms with E-state index in [1.807, 2.05) is 43.3 Å². The lowest BCUT2D eigenvalue weighted by Gasteiger charge is -2.14. The van der Waals surface area contributed by atoms with Crippen LogP contribution in [0.3, 0.4) is 0 Å². The van der Waals surface area contributed by atoms with Gasteiger partial charge in [0, 0.05) is 31.5 Å². The molecule has 100 valence electrons. The van der Waals surface area contributed by atoms with E-state index in [9.17, 15) is 8.78 Å². The van der Waals surface area contributed by atoms with Crippen LogP contribution in [0.1, 0.15) is 0 Å². The highest BCUT2D eigenvalue weighted by Crippen LogP contribution is 2.27. The van der Waals surface area contributed by atoms with Crippen LogP contribution in [0.5, 0.6) is 0 Å². The number of nitrogens with two attached hydrogens (primary N) is 1. The van der Waals surface area contributed by atoms with Crippen molar-refractivity contribution < 1.29 is 8.78 Å². The Morgan fingerprint density at radius 1 is 1.05 bits per heavy atom. The maximum Gasteiger partial charge on any atom is 0.151 e. The number of rotatable bonds is 3. The van der Waals surface area contributed by atoms with Crippen molar-refractivity contribution in [3.63, 3.8) is 0 Å². The first-order valence-electron chi connectivity index (χ1n) is 5.76. The predicted molar refractivity (Wildman–Crippen MR) is 74.8 cm³/mol. The fourth-order valence-corrected chi connectivity index (χ4v) is 1.69. The van der Waals surface area contributed by atoms with Crippen LogP contribution in [0.15, 0.2) is 36.4 Å². The third kappa shape index (κ3) is 2.93. The molecule has 5 heteroatoms. The van der Waals surface area contributed by atoms with Crippen LogP contribution in [-0.2, 0) is 0 Å². The summed E-state index contributed by atoms with van der Waals surface area (Å²) in [5.41, 5.74) is 7.43. The molecule has 2 rings (SSSR count). The summed E-state index contributed by atoms with van der Waals surface area (Å²) in [7, 11) is 3.87. The lowest BCUT2D eigenvalue weighted by Crippen LogP contribution is -2.08. The van der Waals surface area contributed by atoms with Crippen molar-refractivity contribution in [3.8, 4) is 0 Å². The Morgan fingerprint density at radius 2 is 1.68 bits per heavy atom. The molecule has 0 atom stereocenters. The Bertz CT molecular complexity index is 580. The molecule has 0 radical (unpaired) electrons. The van der Waals surface area contributed by atoms with Gasteiger partial charge in [-0.15, -0.1) is 0 Å². The zero-order valence-electron chi connectivity index (χ0n) is 10.7. The topological polar surface area (TPSA) is 41.3 Å². The lowest BCUT2D eigenvalue weighted by molar-refractivity contribution is 0.587. The molecule has 0 heterocycles. The van der Waals surface area contributed by atoms with Gasteiger partial charge in [0.1, 0.15) is 5.82 Å². The fraction of sp³-hybridized carbons (Fsp3) is 0.143. The summed E-state index contributed by atoms with van der Waals surface area (Å²) in [4.78, 5) is 1.96. The second-order valence-corrected chi connectivity index (χ2v) is 4.42. The van der Waals surface area contributed by atoms with Gasteiger partial charge in [-0.25, -0.2) is 8.78 Å². The number of nitrogens with one attached hydrogen (secondary N) is 1. The largest absolute Gasteiger partial charge is 0.395 e. The second-order valence-electron chi connectivity index (χ2n) is 4.42. The van der Waals surface area contributed by atoms with Crippen LogP contribution in [0.4, 0.5) is 31.5 Å². The normalized spacial score (nSPS) is 10.3. The molecule has 0 saturated carbocycles. The van der Waals surface area contributed by atoms with Gasteiger partial charge in [-0.3, -0.25) is 0 Å². The minimum atomic E-state index is -0.771. The number of halogens is 2. The number of hydrogen-bond acceptors (Lipinski definition) is 3. The number of anilines is 4. The van der Waals surface area contributed by atoms with Gasteiger partial charge in [0.2, 0.25) is 0 Å². The van der Waals surface area contributed by atoms with E-state index in [2.05, 4.69) is 5.32 Å². The first kappa shape index (κ1) is 13.1. The van der Waals surface area contributed by atoms with Gasteiger partial charge in [-0.2, -0.15) is 0 Å². The Morgan fingerprint density at radius 3 is 2.26 bits per heavy atom. The van der Waals surface area contributed by atoms with Gasteiger partial charge in [-0.1, -0.05) is 0 Å². The second kappa shape index (κ2) is 5.14. The summed E-state index contributed by atoms with van der Waals surface area (Å²) < 4.78 is 26.4. The van der Waals surface area contributed by atoms with Gasteiger partial charge in [0.05, 0.1) is 11.4 Å². The number of nitrogens with zero attached hydrogens (tertiary/aromatic N) is 1. The van der Waals surface area contributed by atoms with Crippen LogP contribution in [0, 0.1) is 11.6 Å². The maximum atomic E-state index is 13.3. The van der Waals surface area contributed by atoms with Crippen molar-refractivity contribution in [1.82, 2.24) is 0 Å². The fourth-order valence-electron chi connectivity index (χ4n) is 1.69. The minimum absolute atomic E-state index is 0.0990. The Hall–Kier alpha value is -2.30. The summed E-state index contributed by atoms with van der Waals surface area (Å²) in [5, 5.41) is 2.90. The minimum Gasteiger partial charge on any atom is -0.395 e. The molecule has 0 unspecified atom stereocenters. The van der Waals surface area contributed by atoms with Crippen molar-refractivity contribution in [2.75, 3.05) is 30.0 Å². The molecular formula is C14H15F2N3. The molecule has 3 nitrogen and oxygen atoms in total. The molecule has 0 fully saturated rings. The molecule has 2 aromatic carbocycles. The molecule has 0 aliphatic rings. The highest BCUT2D eigenvalue weighted by atomic mass is 19.1. The monoisotopic (exact) mass is 263 g/mol. The van der Waals surface area contributed by atoms with Gasteiger partial charge in [0.25, 0.3) is 0 Å². The van der Waals surface area contributed by atoms with E-state index >= 15 is 0 Å². The molecule has 0 bridgehead atoms. The van der Waals surface area contributed by atoms with Crippen LogP contribution in [0.2, 0.25) is 0 Å². The standard InChI is InChI=1S/C14H15F2N3/c1-19(2)11-5-3-10(4-6-11)18-13-8-9(15)7-12(16)14(13)17/h3-8,18H,17H2,1-2H3. The summed E-state index contributed by atoms with van der Waals surface area (Å²) in [5.74, 6) is -1.44. The zero-order valence-corrected chi connectivity index (χ0v) is 10.7. The molecule has 0 aliphatic carbocycles. The van der Waals surface area contributed by atoms with Gasteiger partial charge < -0.3 is 16.0 Å². The van der Waals surface area contributed by atoms with Crippen LogP contribution < -0.4 is 16.0 Å². The first-order chi connectivity index (χ1) is 8.97. The zero-order chi connectivity index (χ0) is 14.0. The highest BCUT2D eigenvalue weighted by Gasteiger charge is 2.08. The van der Waals surface area contributed by atoms with E-state index < -0.39 is 11.6 Å². The van der Waals surface area contributed by atoms with E-state index in [0.29, 0.717) is 5.69 Å². The summed E-state index contributed by atoms with van der Waals surface area (Å²) >= 11 is 0. The van der Waals surface area contributed by atoms with Crippen molar-refractivity contribution in [3.05, 3.63) is 48.0 Å². The smallest absolute Gasteiger partial charge is 0.151 e. The molecular weight excluding hydrogens is 248 g/mol. The summed E-state index contributed by atoms with van der Waals surface area (Å²) in [6.45, 7) is 0. The Kier molecular flexibility index (Phi) is 3.55. The summed E-state index contributed by atoms with van der Waals surface area (Å²) in [6, 6.07) is 9.35. The molecule has 0 aliphatic heterocycles. The van der Waals surface area contributed by atoms with Gasteiger partial charge >= 0.3 is 0 Å². The van der Waals surface area contributed by atoms with E-state index in [-0.39, 0.29) is 11.4 Å². The average Bonchev–Trinajstić information content (AvgIpc) is 2.36. The van der Waals surface area contributed by atoms with E-state index in [1.54, 1.807) is 0 Å². The average molecular weight is 263 g/mol. The van der Waals surface area contributed by atoms with Crippen LogP contribution >= 0.6 is 0 Å². The quantitative estimate of drug-likeness (QED) is 0.834. The molecule has 0 amide bonds. The predicted octanol–water partition coefficient (Wildman–Crippen LogP) is 3.36. The van der Waals surface area contributed by atoms with Crippen molar-refractivity contribution in [2.24, 2.45) is 0 Å². The summed E-state index contributed by atoms with van der Waals surface area (Å²) in [6.07, 6.45) is 0. The van der Waals surface area contributed by atoms with Gasteiger partial charge in [0.15, 0.2) is 5.82 Å². The molecule has 0 saturated heterocycles. The van der Waals surface area contributed by atoms with E-state index in [1.165, 1.54) is 0 Å². The highest BCUT2D eigenvalue weighted by molar-refractivity contribution is 5.73. The molecule has 2 aromatic rings. The van der Waals surface area contributed by atoms with Gasteiger partial charge in [-0.05, 0) is 30.3 Å². The molecule has 3 N–H and O–H groups in total. The number of nitrogen functional groups attached to an aromatic ring is 1. The van der Waals surface area contributed by atoms with Crippen molar-refractivity contribution in [1.29, 1.82) is 0 Å². The Labute approximate surface area is 110 Å². The van der Waals surface area contributed by atoms with Crippen LogP contribution in [-0.4, -0.2) is 14.1 Å². The number of hydrogen-bond donors (Lipinski definition) is 2.